The highest BCUT2D eigenvalue weighted by atomic mass is 16.2. The molecule has 1 N–H and O–H groups in total. The van der Waals surface area contributed by atoms with E-state index in [1.54, 1.807) is 17.0 Å². The smallest absolute Gasteiger partial charge is 0.289 e. The molecule has 3 atom stereocenters. The van der Waals surface area contributed by atoms with Crippen LogP contribution >= 0.6 is 0 Å². The van der Waals surface area contributed by atoms with E-state index in [0.29, 0.717) is 0 Å². The number of nitrogens with zero attached hydrogens (tertiary/aromatic N) is 2. The van der Waals surface area contributed by atoms with Gasteiger partial charge in [0, 0.05) is 12.1 Å². The number of aromatic nitrogens is 1. The predicted octanol–water partition coefficient (Wildman–Crippen LogP) is 1.40. The van der Waals surface area contributed by atoms with Gasteiger partial charge in [-0.05, 0) is 18.1 Å². The van der Waals surface area contributed by atoms with Crippen LogP contribution in [0.1, 0.15) is 23.1 Å². The van der Waals surface area contributed by atoms with E-state index < -0.39 is 23.8 Å². The zero-order valence-corrected chi connectivity index (χ0v) is 12.6. The molecule has 0 spiro atoms. The second-order valence-electron chi connectivity index (χ2n) is 5.61. The molecule has 0 aliphatic carbocycles. The van der Waals surface area contributed by atoms with Crippen LogP contribution < -0.4 is 9.88 Å². The number of benzene rings is 1. The standard InChI is InChI=1S/C18H15N3O2/c1-12-7-3-4-8-13(12)15-14(11-19)17(22)20-18(23)16(15)21-9-5-2-6-10-21/h2-10,14-16H,1H3/p+1. The summed E-state index contributed by atoms with van der Waals surface area (Å²) in [6, 6.07) is 14.5. The van der Waals surface area contributed by atoms with Crippen LogP contribution in [-0.2, 0) is 9.59 Å². The highest BCUT2D eigenvalue weighted by Gasteiger charge is 2.50. The predicted molar refractivity (Wildman–Crippen MR) is 81.8 cm³/mol. The summed E-state index contributed by atoms with van der Waals surface area (Å²) in [5, 5.41) is 11.8. The van der Waals surface area contributed by atoms with Crippen molar-refractivity contribution in [3.63, 3.8) is 0 Å². The minimum atomic E-state index is -0.911. The van der Waals surface area contributed by atoms with Crippen molar-refractivity contribution in [2.45, 2.75) is 18.9 Å². The maximum Gasteiger partial charge on any atom is 0.296 e. The first-order valence-corrected chi connectivity index (χ1v) is 7.39. The topological polar surface area (TPSA) is 73.8 Å². The number of hydrogen-bond acceptors (Lipinski definition) is 3. The molecule has 1 saturated heterocycles. The first kappa shape index (κ1) is 14.9. The largest absolute Gasteiger partial charge is 0.296 e. The number of aryl methyl sites for hydroxylation is 1. The Balaban J connectivity index is 2.18. The summed E-state index contributed by atoms with van der Waals surface area (Å²) < 4.78 is 1.75. The van der Waals surface area contributed by atoms with Gasteiger partial charge in [-0.3, -0.25) is 14.9 Å². The van der Waals surface area contributed by atoms with Gasteiger partial charge < -0.3 is 0 Å². The average Bonchev–Trinajstić information content (AvgIpc) is 2.55. The summed E-state index contributed by atoms with van der Waals surface area (Å²) >= 11 is 0. The molecule has 1 aliphatic rings. The van der Waals surface area contributed by atoms with Crippen LogP contribution in [0.5, 0.6) is 0 Å². The maximum absolute atomic E-state index is 12.5. The minimum Gasteiger partial charge on any atom is -0.289 e. The van der Waals surface area contributed by atoms with Crippen LogP contribution in [0.3, 0.4) is 0 Å². The Labute approximate surface area is 134 Å². The molecule has 2 aromatic rings. The Hall–Kier alpha value is -3.00. The van der Waals surface area contributed by atoms with E-state index >= 15 is 0 Å². The van der Waals surface area contributed by atoms with Crippen molar-refractivity contribution < 1.29 is 14.2 Å². The van der Waals surface area contributed by atoms with Gasteiger partial charge in [0.1, 0.15) is 5.92 Å². The van der Waals surface area contributed by atoms with Gasteiger partial charge in [0.05, 0.1) is 12.0 Å². The summed E-state index contributed by atoms with van der Waals surface area (Å²) in [6.45, 7) is 1.92. The number of nitrogens with one attached hydrogen (secondary N) is 1. The fourth-order valence-electron chi connectivity index (χ4n) is 3.15. The molecule has 1 fully saturated rings. The Morgan fingerprint density at radius 3 is 2.39 bits per heavy atom. The summed E-state index contributed by atoms with van der Waals surface area (Å²) in [5.74, 6) is -2.34. The van der Waals surface area contributed by atoms with Crippen LogP contribution in [0.25, 0.3) is 0 Å². The molecule has 23 heavy (non-hydrogen) atoms. The summed E-state index contributed by atoms with van der Waals surface area (Å²) in [6.07, 6.45) is 3.56. The van der Waals surface area contributed by atoms with Crippen LogP contribution in [0, 0.1) is 24.2 Å². The first-order chi connectivity index (χ1) is 11.1. The zero-order valence-electron chi connectivity index (χ0n) is 12.6. The molecule has 0 bridgehead atoms. The van der Waals surface area contributed by atoms with Gasteiger partial charge >= 0.3 is 0 Å². The van der Waals surface area contributed by atoms with Gasteiger partial charge in [0.15, 0.2) is 12.4 Å². The highest BCUT2D eigenvalue weighted by molar-refractivity contribution is 6.02. The molecule has 114 valence electrons. The van der Waals surface area contributed by atoms with E-state index in [0.717, 1.165) is 11.1 Å². The third-order valence-corrected chi connectivity index (χ3v) is 4.24. The van der Waals surface area contributed by atoms with Gasteiger partial charge in [-0.25, -0.2) is 0 Å². The molecule has 2 heterocycles. The van der Waals surface area contributed by atoms with E-state index in [-0.39, 0.29) is 5.91 Å². The number of imide groups is 1. The SMILES string of the molecule is Cc1ccccc1C1C(C#N)C(=O)NC(=O)C1[n+]1ccccc1. The van der Waals surface area contributed by atoms with E-state index in [1.165, 1.54) is 0 Å². The number of carbonyl (C=O) groups is 2. The molecule has 3 unspecified atom stereocenters. The number of pyridine rings is 1. The van der Waals surface area contributed by atoms with E-state index in [1.807, 2.05) is 49.4 Å². The van der Waals surface area contributed by atoms with Crippen molar-refractivity contribution in [2.75, 3.05) is 0 Å². The number of rotatable bonds is 2. The van der Waals surface area contributed by atoms with Crippen molar-refractivity contribution in [1.82, 2.24) is 5.32 Å². The quantitative estimate of drug-likeness (QED) is 0.673. The molecule has 5 nitrogen and oxygen atoms in total. The number of piperidine rings is 1. The molecule has 5 heteroatoms. The van der Waals surface area contributed by atoms with Crippen LogP contribution in [0.4, 0.5) is 0 Å². The summed E-state index contributed by atoms with van der Waals surface area (Å²) in [5.41, 5.74) is 1.81. The van der Waals surface area contributed by atoms with Crippen LogP contribution in [0.15, 0.2) is 54.9 Å². The Bertz CT molecular complexity index is 795. The number of amides is 2. The molecule has 1 aromatic carbocycles. The minimum absolute atomic E-state index is 0.383. The van der Waals surface area contributed by atoms with Crippen molar-refractivity contribution in [3.8, 4) is 6.07 Å². The Morgan fingerprint density at radius 2 is 1.74 bits per heavy atom. The Morgan fingerprint density at radius 1 is 1.04 bits per heavy atom. The zero-order chi connectivity index (χ0) is 16.4. The Kier molecular flexibility index (Phi) is 3.90. The molecule has 0 saturated carbocycles. The van der Waals surface area contributed by atoms with Crippen molar-refractivity contribution in [1.29, 1.82) is 5.26 Å². The third-order valence-electron chi connectivity index (χ3n) is 4.24. The highest BCUT2D eigenvalue weighted by Crippen LogP contribution is 2.37. The summed E-state index contributed by atoms with van der Waals surface area (Å²) in [7, 11) is 0. The number of hydrogen-bond donors (Lipinski definition) is 1. The average molecular weight is 306 g/mol. The second kappa shape index (κ2) is 6.01. The second-order valence-corrected chi connectivity index (χ2v) is 5.61. The molecule has 1 aliphatic heterocycles. The lowest BCUT2D eigenvalue weighted by Crippen LogP contribution is -2.59. The number of nitriles is 1. The van der Waals surface area contributed by atoms with Crippen molar-refractivity contribution in [2.24, 2.45) is 5.92 Å². The van der Waals surface area contributed by atoms with E-state index in [2.05, 4.69) is 11.4 Å². The lowest BCUT2D eigenvalue weighted by Gasteiger charge is -2.30. The molecule has 3 rings (SSSR count). The van der Waals surface area contributed by atoms with Gasteiger partial charge in [-0.15, -0.1) is 0 Å². The van der Waals surface area contributed by atoms with E-state index in [4.69, 9.17) is 0 Å². The van der Waals surface area contributed by atoms with Crippen molar-refractivity contribution in [3.05, 3.63) is 66.0 Å². The molecular formula is C18H16N3O2+. The van der Waals surface area contributed by atoms with E-state index in [9.17, 15) is 14.9 Å². The third kappa shape index (κ3) is 2.59. The fraction of sp³-hybridized carbons (Fsp3) is 0.222. The maximum atomic E-state index is 12.5. The van der Waals surface area contributed by atoms with Gasteiger partial charge in [-0.1, -0.05) is 30.3 Å². The molecule has 0 radical (unpaired) electrons. The molecular weight excluding hydrogens is 290 g/mol. The molecule has 1 aromatic heterocycles. The first-order valence-electron chi connectivity index (χ1n) is 7.39. The monoisotopic (exact) mass is 306 g/mol. The normalized spacial score (nSPS) is 23.9. The van der Waals surface area contributed by atoms with Gasteiger partial charge in [0.2, 0.25) is 11.9 Å². The number of carbonyl (C=O) groups excluding carboxylic acids is 2. The van der Waals surface area contributed by atoms with Gasteiger partial charge in [-0.2, -0.15) is 9.83 Å². The lowest BCUT2D eigenvalue weighted by molar-refractivity contribution is -0.713. The van der Waals surface area contributed by atoms with Crippen molar-refractivity contribution >= 4 is 11.8 Å². The lowest BCUT2D eigenvalue weighted by atomic mass is 9.76. The summed E-state index contributed by atoms with van der Waals surface area (Å²) in [4.78, 5) is 24.6. The van der Waals surface area contributed by atoms with Crippen LogP contribution in [0.2, 0.25) is 0 Å². The molecule has 2 amide bonds. The van der Waals surface area contributed by atoms with Gasteiger partial charge in [0.25, 0.3) is 5.91 Å². The fourth-order valence-corrected chi connectivity index (χ4v) is 3.15. The van der Waals surface area contributed by atoms with Crippen LogP contribution in [-0.4, -0.2) is 11.8 Å².